The lowest BCUT2D eigenvalue weighted by atomic mass is 10.1. The van der Waals surface area contributed by atoms with Gasteiger partial charge in [0.15, 0.2) is 0 Å². The lowest BCUT2D eigenvalue weighted by molar-refractivity contribution is -0.0498. The maximum atomic E-state index is 11.9. The van der Waals surface area contributed by atoms with Crippen molar-refractivity contribution in [2.24, 2.45) is 5.16 Å². The van der Waals surface area contributed by atoms with Gasteiger partial charge >= 0.3 is 6.61 Å². The number of ether oxygens (including phenoxy) is 1. The van der Waals surface area contributed by atoms with Crippen molar-refractivity contribution in [2.45, 2.75) is 6.61 Å². The van der Waals surface area contributed by atoms with Crippen LogP contribution in [-0.4, -0.2) is 24.8 Å². The van der Waals surface area contributed by atoms with Crippen molar-refractivity contribution in [2.75, 3.05) is 12.4 Å². The molecular weight excluding hydrogens is 284 g/mol. The first kappa shape index (κ1) is 12.9. The van der Waals surface area contributed by atoms with Gasteiger partial charge in [-0.25, -0.2) is 0 Å². The van der Waals surface area contributed by atoms with Crippen LogP contribution in [0.1, 0.15) is 5.56 Å². The van der Waals surface area contributed by atoms with Gasteiger partial charge in [0.1, 0.15) is 12.9 Å². The zero-order valence-electron chi connectivity index (χ0n) is 8.49. The molecule has 0 saturated carbocycles. The van der Waals surface area contributed by atoms with Crippen LogP contribution in [0.25, 0.3) is 0 Å². The third-order valence-electron chi connectivity index (χ3n) is 1.74. The Morgan fingerprint density at radius 1 is 1.38 bits per heavy atom. The number of halogens is 3. The Bertz CT molecular complexity index is 354. The second kappa shape index (κ2) is 6.42. The maximum Gasteiger partial charge on any atom is 0.387 e. The van der Waals surface area contributed by atoms with Crippen molar-refractivity contribution in [3.8, 4) is 5.75 Å². The van der Waals surface area contributed by atoms with Gasteiger partial charge in [-0.1, -0.05) is 21.1 Å². The molecule has 0 bridgehead atoms. The van der Waals surface area contributed by atoms with Gasteiger partial charge in [-0.3, -0.25) is 0 Å². The van der Waals surface area contributed by atoms with Crippen LogP contribution < -0.4 is 4.74 Å². The molecule has 0 saturated heterocycles. The topological polar surface area (TPSA) is 30.8 Å². The van der Waals surface area contributed by atoms with E-state index in [9.17, 15) is 8.78 Å². The fourth-order valence-electron chi connectivity index (χ4n) is 1.09. The summed E-state index contributed by atoms with van der Waals surface area (Å²) >= 11 is 3.25. The van der Waals surface area contributed by atoms with Crippen LogP contribution >= 0.6 is 15.9 Å². The highest BCUT2D eigenvalue weighted by atomic mass is 79.9. The minimum Gasteiger partial charge on any atom is -0.435 e. The third-order valence-corrected chi connectivity index (χ3v) is 2.27. The Kier molecular flexibility index (Phi) is 5.18. The minimum atomic E-state index is -2.81. The van der Waals surface area contributed by atoms with Gasteiger partial charge in [0, 0.05) is 10.9 Å². The Morgan fingerprint density at radius 3 is 2.44 bits per heavy atom. The molecule has 0 aliphatic rings. The number of benzene rings is 1. The molecule has 1 aromatic carbocycles. The standard InChI is InChI=1S/C10H10BrF2NO2/c1-15-14-9(6-11)7-2-4-8(5-3-7)16-10(12)13/h2-5,10H,6H2,1H3/b14-9+. The lowest BCUT2D eigenvalue weighted by Gasteiger charge is -2.06. The van der Waals surface area contributed by atoms with Gasteiger partial charge in [-0.05, 0) is 24.3 Å². The summed E-state index contributed by atoms with van der Waals surface area (Å²) in [5, 5.41) is 4.29. The molecular formula is C10H10BrF2NO2. The van der Waals surface area contributed by atoms with E-state index in [1.54, 1.807) is 12.1 Å². The molecule has 0 atom stereocenters. The summed E-state index contributed by atoms with van der Waals surface area (Å²) < 4.78 is 28.0. The maximum absolute atomic E-state index is 11.9. The molecule has 0 N–H and O–H groups in total. The van der Waals surface area contributed by atoms with Gasteiger partial charge in [-0.15, -0.1) is 0 Å². The van der Waals surface area contributed by atoms with Crippen LogP contribution in [0.3, 0.4) is 0 Å². The molecule has 16 heavy (non-hydrogen) atoms. The van der Waals surface area contributed by atoms with E-state index in [2.05, 4.69) is 30.7 Å². The fraction of sp³-hybridized carbons (Fsp3) is 0.300. The van der Waals surface area contributed by atoms with Crippen LogP contribution in [0.4, 0.5) is 8.78 Å². The smallest absolute Gasteiger partial charge is 0.387 e. The summed E-state index contributed by atoms with van der Waals surface area (Å²) in [7, 11) is 1.44. The number of alkyl halides is 3. The SMILES string of the molecule is CO/N=C(\CBr)c1ccc(OC(F)F)cc1. The average molecular weight is 294 g/mol. The molecule has 0 spiro atoms. The summed E-state index contributed by atoms with van der Waals surface area (Å²) in [6, 6.07) is 6.18. The number of hydrogen-bond acceptors (Lipinski definition) is 3. The van der Waals surface area contributed by atoms with E-state index in [4.69, 9.17) is 0 Å². The lowest BCUT2D eigenvalue weighted by Crippen LogP contribution is -2.04. The van der Waals surface area contributed by atoms with Crippen molar-refractivity contribution in [3.63, 3.8) is 0 Å². The molecule has 0 heterocycles. The van der Waals surface area contributed by atoms with Gasteiger partial charge in [0.25, 0.3) is 0 Å². The molecule has 0 aliphatic carbocycles. The second-order valence-electron chi connectivity index (χ2n) is 2.76. The van der Waals surface area contributed by atoms with Crippen LogP contribution in [0.2, 0.25) is 0 Å². The molecule has 3 nitrogen and oxygen atoms in total. The molecule has 6 heteroatoms. The Balaban J connectivity index is 2.81. The van der Waals surface area contributed by atoms with Crippen molar-refractivity contribution in [1.29, 1.82) is 0 Å². The van der Waals surface area contributed by atoms with Crippen LogP contribution in [0.5, 0.6) is 5.75 Å². The first-order valence-corrected chi connectivity index (χ1v) is 5.50. The molecule has 1 rings (SSSR count). The fourth-order valence-corrected chi connectivity index (χ4v) is 1.52. The number of rotatable bonds is 5. The number of hydrogen-bond donors (Lipinski definition) is 0. The number of nitrogens with zero attached hydrogens (tertiary/aromatic N) is 1. The van der Waals surface area contributed by atoms with E-state index in [0.29, 0.717) is 11.0 Å². The second-order valence-corrected chi connectivity index (χ2v) is 3.32. The van der Waals surface area contributed by atoms with E-state index in [0.717, 1.165) is 5.56 Å². The predicted octanol–water partition coefficient (Wildman–Crippen LogP) is 3.03. The largest absolute Gasteiger partial charge is 0.435 e. The summed E-state index contributed by atoms with van der Waals surface area (Å²) in [6.07, 6.45) is 0. The molecule has 0 amide bonds. The molecule has 0 radical (unpaired) electrons. The van der Waals surface area contributed by atoms with Crippen molar-refractivity contribution in [1.82, 2.24) is 0 Å². The van der Waals surface area contributed by atoms with E-state index in [1.807, 2.05) is 0 Å². The molecule has 88 valence electrons. The quantitative estimate of drug-likeness (QED) is 0.475. The molecule has 0 unspecified atom stereocenters. The van der Waals surface area contributed by atoms with E-state index in [1.165, 1.54) is 19.2 Å². The van der Waals surface area contributed by atoms with E-state index < -0.39 is 6.61 Å². The van der Waals surface area contributed by atoms with Crippen molar-refractivity contribution in [3.05, 3.63) is 29.8 Å². The first-order valence-electron chi connectivity index (χ1n) is 4.38. The van der Waals surface area contributed by atoms with Gasteiger partial charge in [-0.2, -0.15) is 8.78 Å². The summed E-state index contributed by atoms with van der Waals surface area (Å²) in [5.74, 6) is 0.116. The predicted molar refractivity (Wildman–Crippen MR) is 60.4 cm³/mol. The van der Waals surface area contributed by atoms with Gasteiger partial charge < -0.3 is 9.57 Å². The third kappa shape index (κ3) is 3.77. The van der Waals surface area contributed by atoms with Crippen LogP contribution in [-0.2, 0) is 4.84 Å². The van der Waals surface area contributed by atoms with Gasteiger partial charge in [0.2, 0.25) is 0 Å². The van der Waals surface area contributed by atoms with Gasteiger partial charge in [0.05, 0.1) is 5.71 Å². The highest BCUT2D eigenvalue weighted by Gasteiger charge is 2.06. The normalized spacial score (nSPS) is 11.7. The van der Waals surface area contributed by atoms with Crippen molar-refractivity contribution < 1.29 is 18.4 Å². The first-order chi connectivity index (χ1) is 7.67. The Hall–Kier alpha value is -1.17. The Morgan fingerprint density at radius 2 is 2.00 bits per heavy atom. The summed E-state index contributed by atoms with van der Waals surface area (Å²) in [6.45, 7) is -2.81. The van der Waals surface area contributed by atoms with E-state index >= 15 is 0 Å². The zero-order valence-corrected chi connectivity index (χ0v) is 10.1. The number of oxime groups is 1. The highest BCUT2D eigenvalue weighted by molar-refractivity contribution is 9.09. The zero-order chi connectivity index (χ0) is 12.0. The molecule has 1 aromatic rings. The molecule has 0 aromatic heterocycles. The monoisotopic (exact) mass is 293 g/mol. The Labute approximate surface area is 100 Å². The molecule has 0 fully saturated rings. The molecule has 0 aliphatic heterocycles. The van der Waals surface area contributed by atoms with Crippen molar-refractivity contribution >= 4 is 21.6 Å². The van der Waals surface area contributed by atoms with Crippen LogP contribution in [0.15, 0.2) is 29.4 Å². The average Bonchev–Trinajstić information content (AvgIpc) is 2.26. The minimum absolute atomic E-state index is 0.116. The van der Waals surface area contributed by atoms with Crippen LogP contribution in [0, 0.1) is 0 Å². The highest BCUT2D eigenvalue weighted by Crippen LogP contribution is 2.16. The van der Waals surface area contributed by atoms with E-state index in [-0.39, 0.29) is 5.75 Å². The summed E-state index contributed by atoms with van der Waals surface area (Å²) in [5.41, 5.74) is 1.45. The summed E-state index contributed by atoms with van der Waals surface area (Å²) in [4.78, 5) is 4.65.